The first-order chi connectivity index (χ1) is 9.63. The third-order valence-electron chi connectivity index (χ3n) is 4.41. The van der Waals surface area contributed by atoms with Crippen molar-refractivity contribution in [2.24, 2.45) is 17.6 Å². The van der Waals surface area contributed by atoms with Crippen LogP contribution >= 0.6 is 0 Å². The van der Waals surface area contributed by atoms with E-state index in [1.165, 1.54) is 12.8 Å². The molecular weight excluding hydrogens is 252 g/mol. The molecule has 2 heterocycles. The zero-order chi connectivity index (χ0) is 14.1. The molecule has 2 aliphatic rings. The van der Waals surface area contributed by atoms with Crippen LogP contribution < -0.4 is 15.4 Å². The average Bonchev–Trinajstić information content (AvgIpc) is 2.84. The van der Waals surface area contributed by atoms with Crippen LogP contribution in [-0.2, 0) is 0 Å². The maximum Gasteiger partial charge on any atom is 0.228 e. The van der Waals surface area contributed by atoms with Crippen LogP contribution in [0.5, 0.6) is 5.88 Å². The maximum atomic E-state index is 6.26. The van der Waals surface area contributed by atoms with Gasteiger partial charge < -0.3 is 15.4 Å². The molecule has 20 heavy (non-hydrogen) atoms. The van der Waals surface area contributed by atoms with Gasteiger partial charge in [-0.15, -0.1) is 0 Å². The molecule has 5 heteroatoms. The Bertz CT molecular complexity index is 465. The maximum absolute atomic E-state index is 6.26. The molecule has 2 N–H and O–H groups in total. The number of hydrogen-bond acceptors (Lipinski definition) is 5. The molecule has 3 unspecified atom stereocenters. The van der Waals surface area contributed by atoms with Crippen LogP contribution in [0.4, 0.5) is 5.95 Å². The summed E-state index contributed by atoms with van der Waals surface area (Å²) in [6.45, 7) is 6.02. The molecule has 0 radical (unpaired) electrons. The molecule has 110 valence electrons. The van der Waals surface area contributed by atoms with Crippen molar-refractivity contribution in [2.75, 3.05) is 18.0 Å². The van der Waals surface area contributed by atoms with E-state index in [0.29, 0.717) is 23.8 Å². The molecule has 1 aliphatic heterocycles. The Balaban J connectivity index is 1.74. The summed E-state index contributed by atoms with van der Waals surface area (Å²) >= 11 is 0. The van der Waals surface area contributed by atoms with Crippen molar-refractivity contribution < 1.29 is 4.74 Å². The first-order valence-corrected chi connectivity index (χ1v) is 7.63. The number of nitrogens with zero attached hydrogens (tertiary/aromatic N) is 3. The predicted molar refractivity (Wildman–Crippen MR) is 78.8 cm³/mol. The second kappa shape index (κ2) is 5.56. The minimum Gasteiger partial charge on any atom is -0.475 e. The second-order valence-corrected chi connectivity index (χ2v) is 6.29. The number of anilines is 1. The first kappa shape index (κ1) is 13.6. The van der Waals surface area contributed by atoms with E-state index in [1.54, 1.807) is 6.20 Å². The smallest absolute Gasteiger partial charge is 0.228 e. The minimum absolute atomic E-state index is 0.132. The van der Waals surface area contributed by atoms with Crippen LogP contribution in [0.3, 0.4) is 0 Å². The molecule has 0 bridgehead atoms. The Morgan fingerprint density at radius 3 is 2.95 bits per heavy atom. The zero-order valence-electron chi connectivity index (χ0n) is 12.3. The van der Waals surface area contributed by atoms with Gasteiger partial charge in [0.15, 0.2) is 0 Å². The van der Waals surface area contributed by atoms with Crippen LogP contribution in [0.1, 0.15) is 33.1 Å². The summed E-state index contributed by atoms with van der Waals surface area (Å²) < 4.78 is 5.65. The molecule has 5 nitrogen and oxygen atoms in total. The summed E-state index contributed by atoms with van der Waals surface area (Å²) in [6, 6.07) is 2.16. The summed E-state index contributed by atoms with van der Waals surface area (Å²) in [6.07, 6.45) is 5.62. The minimum atomic E-state index is 0.132. The average molecular weight is 276 g/mol. The lowest BCUT2D eigenvalue weighted by molar-refractivity contribution is 0.232. The molecule has 3 rings (SSSR count). The first-order valence-electron chi connectivity index (χ1n) is 7.63. The van der Waals surface area contributed by atoms with Gasteiger partial charge in [-0.25, -0.2) is 4.98 Å². The highest BCUT2D eigenvalue weighted by atomic mass is 16.5. The van der Waals surface area contributed by atoms with Gasteiger partial charge in [-0.05, 0) is 38.5 Å². The molecule has 2 fully saturated rings. The fourth-order valence-corrected chi connectivity index (χ4v) is 3.47. The van der Waals surface area contributed by atoms with Gasteiger partial charge >= 0.3 is 0 Å². The molecule has 0 aromatic carbocycles. The second-order valence-electron chi connectivity index (χ2n) is 6.29. The lowest BCUT2D eigenvalue weighted by Crippen LogP contribution is -2.38. The monoisotopic (exact) mass is 276 g/mol. The predicted octanol–water partition coefficient (Wildman–Crippen LogP) is 1.83. The Labute approximate surface area is 120 Å². The molecule has 1 aromatic rings. The Morgan fingerprint density at radius 1 is 1.35 bits per heavy atom. The lowest BCUT2D eigenvalue weighted by atomic mass is 9.78. The Hall–Kier alpha value is -1.36. The zero-order valence-corrected chi connectivity index (χ0v) is 12.3. The van der Waals surface area contributed by atoms with Crippen LogP contribution in [0.2, 0.25) is 0 Å². The fourth-order valence-electron chi connectivity index (χ4n) is 3.47. The van der Waals surface area contributed by atoms with Crippen LogP contribution in [0, 0.1) is 11.8 Å². The quantitative estimate of drug-likeness (QED) is 0.912. The molecule has 3 atom stereocenters. The van der Waals surface area contributed by atoms with E-state index in [4.69, 9.17) is 10.5 Å². The number of fused-ring (bicyclic) bond motifs is 1. The van der Waals surface area contributed by atoms with E-state index in [9.17, 15) is 0 Å². The van der Waals surface area contributed by atoms with Gasteiger partial charge in [0.05, 0.1) is 6.10 Å². The molecule has 1 aromatic heterocycles. The topological polar surface area (TPSA) is 64.3 Å². The van der Waals surface area contributed by atoms with Crippen molar-refractivity contribution in [3.8, 4) is 5.88 Å². The van der Waals surface area contributed by atoms with Gasteiger partial charge in [-0.2, -0.15) is 4.98 Å². The van der Waals surface area contributed by atoms with Crippen LogP contribution in [-0.4, -0.2) is 35.2 Å². The highest BCUT2D eigenvalue weighted by molar-refractivity contribution is 5.34. The largest absolute Gasteiger partial charge is 0.475 e. The number of nitrogens with two attached hydrogens (primary N) is 1. The summed E-state index contributed by atoms with van der Waals surface area (Å²) in [7, 11) is 0. The van der Waals surface area contributed by atoms with E-state index < -0.39 is 0 Å². The fraction of sp³-hybridized carbons (Fsp3) is 0.733. The van der Waals surface area contributed by atoms with Gasteiger partial charge in [0.1, 0.15) is 0 Å². The van der Waals surface area contributed by atoms with Gasteiger partial charge in [-0.3, -0.25) is 0 Å². The number of aromatic nitrogens is 2. The van der Waals surface area contributed by atoms with Gasteiger partial charge in [0.25, 0.3) is 0 Å². The molecular formula is C15H24N4O. The normalized spacial score (nSPS) is 29.6. The Morgan fingerprint density at radius 2 is 2.20 bits per heavy atom. The van der Waals surface area contributed by atoms with Crippen molar-refractivity contribution in [1.29, 1.82) is 0 Å². The highest BCUT2D eigenvalue weighted by Gasteiger charge is 2.39. The van der Waals surface area contributed by atoms with Gasteiger partial charge in [0, 0.05) is 31.4 Å². The van der Waals surface area contributed by atoms with Crippen molar-refractivity contribution in [2.45, 2.75) is 45.3 Å². The summed E-state index contributed by atoms with van der Waals surface area (Å²) in [5, 5.41) is 0. The number of rotatable bonds is 3. The summed E-state index contributed by atoms with van der Waals surface area (Å²) in [4.78, 5) is 11.2. The van der Waals surface area contributed by atoms with E-state index in [2.05, 4.69) is 14.9 Å². The van der Waals surface area contributed by atoms with E-state index in [1.807, 2.05) is 19.9 Å². The van der Waals surface area contributed by atoms with Gasteiger partial charge in [0.2, 0.25) is 11.8 Å². The van der Waals surface area contributed by atoms with Crippen LogP contribution in [0.15, 0.2) is 12.3 Å². The van der Waals surface area contributed by atoms with Crippen molar-refractivity contribution in [3.63, 3.8) is 0 Å². The summed E-state index contributed by atoms with van der Waals surface area (Å²) in [5.74, 6) is 2.74. The summed E-state index contributed by atoms with van der Waals surface area (Å²) in [5.41, 5.74) is 6.26. The van der Waals surface area contributed by atoms with Gasteiger partial charge in [-0.1, -0.05) is 6.42 Å². The van der Waals surface area contributed by atoms with E-state index >= 15 is 0 Å². The highest BCUT2D eigenvalue weighted by Crippen LogP contribution is 2.36. The molecule has 0 spiro atoms. The third kappa shape index (κ3) is 2.73. The van der Waals surface area contributed by atoms with Crippen molar-refractivity contribution in [1.82, 2.24) is 9.97 Å². The third-order valence-corrected chi connectivity index (χ3v) is 4.41. The SMILES string of the molecule is CC(C)Oc1ccnc(N2CC3CCCC(N)C3C2)n1. The molecule has 0 amide bonds. The van der Waals surface area contributed by atoms with E-state index in [-0.39, 0.29) is 6.10 Å². The lowest BCUT2D eigenvalue weighted by Gasteiger charge is -2.29. The van der Waals surface area contributed by atoms with Crippen molar-refractivity contribution >= 4 is 5.95 Å². The van der Waals surface area contributed by atoms with E-state index in [0.717, 1.165) is 25.5 Å². The number of ether oxygens (including phenoxy) is 1. The molecule has 1 saturated carbocycles. The van der Waals surface area contributed by atoms with Crippen molar-refractivity contribution in [3.05, 3.63) is 12.3 Å². The number of hydrogen-bond donors (Lipinski definition) is 1. The molecule has 1 aliphatic carbocycles. The molecule has 1 saturated heterocycles. The standard InChI is InChI=1S/C15H24N4O/c1-10(2)20-14-6-7-17-15(18-14)19-8-11-4-3-5-13(16)12(11)9-19/h6-7,10-13H,3-5,8-9,16H2,1-2H3. The Kier molecular flexibility index (Phi) is 3.78. The van der Waals surface area contributed by atoms with Crippen LogP contribution in [0.25, 0.3) is 0 Å².